The van der Waals surface area contributed by atoms with Gasteiger partial charge in [0.05, 0.1) is 5.60 Å². The third-order valence-corrected chi connectivity index (χ3v) is 2.44. The molecule has 1 heteroatoms. The van der Waals surface area contributed by atoms with Crippen molar-refractivity contribution in [1.29, 1.82) is 0 Å². The van der Waals surface area contributed by atoms with Crippen LogP contribution < -0.4 is 0 Å². The molecule has 0 amide bonds. The number of aliphatic hydroxyl groups is 1. The van der Waals surface area contributed by atoms with E-state index >= 15 is 0 Å². The zero-order chi connectivity index (χ0) is 8.36. The summed E-state index contributed by atoms with van der Waals surface area (Å²) >= 11 is 0. The molecule has 0 aromatic carbocycles. The van der Waals surface area contributed by atoms with Gasteiger partial charge in [-0.3, -0.25) is 0 Å². The van der Waals surface area contributed by atoms with E-state index in [0.29, 0.717) is 0 Å². The van der Waals surface area contributed by atoms with Crippen molar-refractivity contribution < 1.29 is 5.11 Å². The molecule has 0 heterocycles. The van der Waals surface area contributed by atoms with E-state index in [4.69, 9.17) is 0 Å². The summed E-state index contributed by atoms with van der Waals surface area (Å²) in [6.45, 7) is 11.5. The second-order valence-corrected chi connectivity index (χ2v) is 3.40. The van der Waals surface area contributed by atoms with E-state index in [9.17, 15) is 5.11 Å². The van der Waals surface area contributed by atoms with Crippen molar-refractivity contribution in [2.45, 2.75) is 33.3 Å². The minimum atomic E-state index is -0.609. The Hall–Kier alpha value is -0.300. The van der Waals surface area contributed by atoms with Gasteiger partial charge in [0.15, 0.2) is 0 Å². The van der Waals surface area contributed by atoms with Crippen molar-refractivity contribution in [2.75, 3.05) is 0 Å². The van der Waals surface area contributed by atoms with Gasteiger partial charge in [-0.2, -0.15) is 0 Å². The van der Waals surface area contributed by atoms with Gasteiger partial charge in [0.25, 0.3) is 0 Å². The van der Waals surface area contributed by atoms with Crippen LogP contribution in [0, 0.1) is 11.8 Å². The van der Waals surface area contributed by atoms with Crippen molar-refractivity contribution in [2.24, 2.45) is 11.8 Å². The third-order valence-electron chi connectivity index (χ3n) is 2.44. The highest BCUT2D eigenvalue weighted by atomic mass is 16.3. The number of hydrogen-bond donors (Lipinski definition) is 1. The molecule has 2 atom stereocenters. The molecular weight excluding hydrogens is 124 g/mol. The highest BCUT2D eigenvalue weighted by Gasteiger charge is 2.29. The first-order chi connectivity index (χ1) is 4.42. The van der Waals surface area contributed by atoms with E-state index in [1.807, 2.05) is 27.7 Å². The minimum Gasteiger partial charge on any atom is -0.389 e. The van der Waals surface area contributed by atoms with E-state index in [0.717, 1.165) is 0 Å². The molecule has 0 radical (unpaired) electrons. The first kappa shape index (κ1) is 9.70. The van der Waals surface area contributed by atoms with Gasteiger partial charge >= 0.3 is 0 Å². The molecule has 0 rings (SSSR count). The average molecular weight is 142 g/mol. The summed E-state index contributed by atoms with van der Waals surface area (Å²) in [4.78, 5) is 0. The highest BCUT2D eigenvalue weighted by Crippen LogP contribution is 2.25. The molecule has 2 unspecified atom stereocenters. The summed E-state index contributed by atoms with van der Waals surface area (Å²) in [6, 6.07) is 0. The molecule has 0 bridgehead atoms. The van der Waals surface area contributed by atoms with Crippen LogP contribution in [0.15, 0.2) is 12.7 Å². The lowest BCUT2D eigenvalue weighted by Gasteiger charge is -2.32. The van der Waals surface area contributed by atoms with Gasteiger partial charge in [-0.05, 0) is 12.8 Å². The number of rotatable bonds is 3. The molecule has 0 aliphatic carbocycles. The van der Waals surface area contributed by atoms with E-state index in [-0.39, 0.29) is 11.8 Å². The molecule has 0 aromatic rings. The van der Waals surface area contributed by atoms with Crippen molar-refractivity contribution in [3.63, 3.8) is 0 Å². The normalized spacial score (nSPS) is 20.2. The van der Waals surface area contributed by atoms with Gasteiger partial charge in [-0.25, -0.2) is 0 Å². The van der Waals surface area contributed by atoms with Gasteiger partial charge in [0.1, 0.15) is 0 Å². The molecule has 0 spiro atoms. The van der Waals surface area contributed by atoms with Crippen molar-refractivity contribution in [1.82, 2.24) is 0 Å². The van der Waals surface area contributed by atoms with Gasteiger partial charge in [-0.1, -0.05) is 26.8 Å². The van der Waals surface area contributed by atoms with E-state index in [2.05, 4.69) is 6.58 Å². The fraction of sp³-hybridized carbons (Fsp3) is 0.778. The molecule has 1 N–H and O–H groups in total. The molecule has 0 aromatic heterocycles. The minimum absolute atomic E-state index is 0.160. The standard InChI is InChI=1S/C9H18O/c1-6-8(4)9(5,10)7(2)3/h6-8,10H,1H2,2-5H3. The SMILES string of the molecule is C=CC(C)C(C)(O)C(C)C. The summed E-state index contributed by atoms with van der Waals surface area (Å²) in [7, 11) is 0. The van der Waals surface area contributed by atoms with Gasteiger partial charge < -0.3 is 5.11 Å². The highest BCUT2D eigenvalue weighted by molar-refractivity contribution is 4.91. The maximum absolute atomic E-state index is 9.79. The van der Waals surface area contributed by atoms with Gasteiger partial charge in [0, 0.05) is 5.92 Å². The Morgan fingerprint density at radius 1 is 1.40 bits per heavy atom. The molecule has 0 saturated heterocycles. The molecule has 0 aliphatic heterocycles. The maximum atomic E-state index is 9.79. The molecule has 1 nitrogen and oxygen atoms in total. The predicted octanol–water partition coefficient (Wildman–Crippen LogP) is 2.22. The van der Waals surface area contributed by atoms with Crippen LogP contribution in [0.25, 0.3) is 0 Å². The quantitative estimate of drug-likeness (QED) is 0.599. The Morgan fingerprint density at radius 3 is 1.90 bits per heavy atom. The Kier molecular flexibility index (Phi) is 3.10. The lowest BCUT2D eigenvalue weighted by atomic mass is 9.81. The summed E-state index contributed by atoms with van der Waals surface area (Å²) in [5, 5.41) is 9.79. The van der Waals surface area contributed by atoms with Crippen LogP contribution in [-0.2, 0) is 0 Å². The van der Waals surface area contributed by atoms with Gasteiger partial charge in [-0.15, -0.1) is 6.58 Å². The largest absolute Gasteiger partial charge is 0.389 e. The second kappa shape index (κ2) is 3.20. The van der Waals surface area contributed by atoms with Gasteiger partial charge in [0.2, 0.25) is 0 Å². The van der Waals surface area contributed by atoms with Crippen LogP contribution in [-0.4, -0.2) is 10.7 Å². The summed E-state index contributed by atoms with van der Waals surface area (Å²) in [6.07, 6.45) is 1.79. The summed E-state index contributed by atoms with van der Waals surface area (Å²) < 4.78 is 0. The van der Waals surface area contributed by atoms with E-state index < -0.39 is 5.60 Å². The average Bonchev–Trinajstić information content (AvgIpc) is 1.86. The Bertz CT molecular complexity index is 114. The van der Waals surface area contributed by atoms with Crippen LogP contribution in [0.4, 0.5) is 0 Å². The number of hydrogen-bond acceptors (Lipinski definition) is 1. The lowest BCUT2D eigenvalue weighted by molar-refractivity contribution is -0.0190. The fourth-order valence-electron chi connectivity index (χ4n) is 0.764. The van der Waals surface area contributed by atoms with E-state index in [1.54, 1.807) is 6.08 Å². The van der Waals surface area contributed by atoms with Crippen molar-refractivity contribution in [3.05, 3.63) is 12.7 Å². The Labute approximate surface area is 63.8 Å². The van der Waals surface area contributed by atoms with Crippen LogP contribution in [0.3, 0.4) is 0 Å². The second-order valence-electron chi connectivity index (χ2n) is 3.40. The van der Waals surface area contributed by atoms with E-state index in [1.165, 1.54) is 0 Å². The molecule has 10 heavy (non-hydrogen) atoms. The lowest BCUT2D eigenvalue weighted by Crippen LogP contribution is -2.37. The molecule has 60 valence electrons. The monoisotopic (exact) mass is 142 g/mol. The first-order valence-electron chi connectivity index (χ1n) is 3.77. The fourth-order valence-corrected chi connectivity index (χ4v) is 0.764. The van der Waals surface area contributed by atoms with Crippen molar-refractivity contribution in [3.8, 4) is 0 Å². The molecular formula is C9H18O. The van der Waals surface area contributed by atoms with Crippen LogP contribution in [0.1, 0.15) is 27.7 Å². The van der Waals surface area contributed by atoms with Crippen molar-refractivity contribution >= 4 is 0 Å². The molecule has 0 saturated carbocycles. The smallest absolute Gasteiger partial charge is 0.0702 e. The molecule has 0 aliphatic rings. The third kappa shape index (κ3) is 1.84. The van der Waals surface area contributed by atoms with Crippen LogP contribution in [0.2, 0.25) is 0 Å². The maximum Gasteiger partial charge on any atom is 0.0702 e. The predicted molar refractivity (Wildman–Crippen MR) is 44.8 cm³/mol. The summed E-state index contributed by atoms with van der Waals surface area (Å²) in [5.41, 5.74) is -0.609. The van der Waals surface area contributed by atoms with Crippen LogP contribution >= 0.6 is 0 Å². The zero-order valence-electron chi connectivity index (χ0n) is 7.39. The topological polar surface area (TPSA) is 20.2 Å². The first-order valence-corrected chi connectivity index (χ1v) is 3.77. The van der Waals surface area contributed by atoms with Crippen LogP contribution in [0.5, 0.6) is 0 Å². The Balaban J connectivity index is 4.22. The molecule has 0 fully saturated rings. The summed E-state index contributed by atoms with van der Waals surface area (Å²) in [5.74, 6) is 0.438. The Morgan fingerprint density at radius 2 is 1.80 bits per heavy atom. The zero-order valence-corrected chi connectivity index (χ0v) is 7.39.